The predicted molar refractivity (Wildman–Crippen MR) is 136 cm³/mol. The predicted octanol–water partition coefficient (Wildman–Crippen LogP) is 5.52. The number of hydrogen-bond donors (Lipinski definition) is 1. The van der Waals surface area contributed by atoms with E-state index in [1.165, 1.54) is 6.08 Å². The van der Waals surface area contributed by atoms with Gasteiger partial charge in [-0.15, -0.1) is 0 Å². The van der Waals surface area contributed by atoms with Gasteiger partial charge in [0.2, 0.25) is 0 Å². The summed E-state index contributed by atoms with van der Waals surface area (Å²) in [7, 11) is 0. The molecule has 0 aliphatic heterocycles. The average Bonchev–Trinajstić information content (AvgIpc) is 2.87. The molecule has 0 saturated carbocycles. The Hall–Kier alpha value is -4.09. The number of carbonyl (C=O) groups is 2. The molecule has 178 valence electrons. The fourth-order valence-corrected chi connectivity index (χ4v) is 3.36. The van der Waals surface area contributed by atoms with Gasteiger partial charge in [0.25, 0.3) is 5.91 Å². The normalized spacial score (nSPS) is 10.7. The Morgan fingerprint density at radius 3 is 2.46 bits per heavy atom. The highest BCUT2D eigenvalue weighted by molar-refractivity contribution is 9.10. The Balaban J connectivity index is 1.67. The number of nitrogens with one attached hydrogen (secondary N) is 1. The highest BCUT2D eigenvalue weighted by Gasteiger charge is 2.13. The first-order valence-electron chi connectivity index (χ1n) is 10.8. The largest absolute Gasteiger partial charge is 0.489 e. The van der Waals surface area contributed by atoms with Crippen LogP contribution in [0.5, 0.6) is 11.5 Å². The van der Waals surface area contributed by atoms with Crippen LogP contribution in [0.25, 0.3) is 6.08 Å². The fourth-order valence-electron chi connectivity index (χ4n) is 2.98. The zero-order chi connectivity index (χ0) is 25.0. The van der Waals surface area contributed by atoms with Crippen molar-refractivity contribution in [3.8, 4) is 17.6 Å². The molecule has 3 rings (SSSR count). The third-order valence-corrected chi connectivity index (χ3v) is 5.14. The number of halogens is 1. The number of carbonyl (C=O) groups excluding carboxylic acids is 2. The Labute approximate surface area is 212 Å². The van der Waals surface area contributed by atoms with Gasteiger partial charge < -0.3 is 19.5 Å². The summed E-state index contributed by atoms with van der Waals surface area (Å²) in [6, 6.07) is 23.6. The molecule has 0 unspecified atom stereocenters. The van der Waals surface area contributed by atoms with Crippen LogP contribution in [0.2, 0.25) is 0 Å². The van der Waals surface area contributed by atoms with Crippen LogP contribution >= 0.6 is 15.9 Å². The molecule has 0 spiro atoms. The highest BCUT2D eigenvalue weighted by Crippen LogP contribution is 2.26. The molecule has 1 amide bonds. The maximum atomic E-state index is 12.7. The van der Waals surface area contributed by atoms with Crippen LogP contribution in [0.1, 0.15) is 18.1 Å². The fraction of sp³-hybridized carbons (Fsp3) is 0.148. The molecule has 0 bridgehead atoms. The van der Waals surface area contributed by atoms with Crippen LogP contribution in [0.4, 0.5) is 5.69 Å². The van der Waals surface area contributed by atoms with Gasteiger partial charge in [0.05, 0.1) is 6.61 Å². The van der Waals surface area contributed by atoms with Crippen LogP contribution in [-0.2, 0) is 20.9 Å². The van der Waals surface area contributed by atoms with E-state index < -0.39 is 11.9 Å². The summed E-state index contributed by atoms with van der Waals surface area (Å²) in [4.78, 5) is 24.4. The second-order valence-electron chi connectivity index (χ2n) is 7.20. The van der Waals surface area contributed by atoms with Gasteiger partial charge in [-0.2, -0.15) is 5.26 Å². The van der Waals surface area contributed by atoms with Crippen LogP contribution in [0, 0.1) is 11.3 Å². The zero-order valence-corrected chi connectivity index (χ0v) is 20.6. The zero-order valence-electron chi connectivity index (χ0n) is 19.0. The van der Waals surface area contributed by atoms with Gasteiger partial charge in [0, 0.05) is 15.7 Å². The summed E-state index contributed by atoms with van der Waals surface area (Å²) in [6.07, 6.45) is 1.40. The lowest BCUT2D eigenvalue weighted by molar-refractivity contribution is -0.145. The molecule has 8 heteroatoms. The first-order chi connectivity index (χ1) is 17.0. The van der Waals surface area contributed by atoms with Crippen molar-refractivity contribution in [1.29, 1.82) is 5.26 Å². The van der Waals surface area contributed by atoms with Crippen LogP contribution < -0.4 is 14.8 Å². The van der Waals surface area contributed by atoms with Gasteiger partial charge in [-0.3, -0.25) is 4.79 Å². The molecule has 3 aromatic carbocycles. The van der Waals surface area contributed by atoms with Gasteiger partial charge >= 0.3 is 5.97 Å². The van der Waals surface area contributed by atoms with Gasteiger partial charge in [-0.05, 0) is 61.0 Å². The van der Waals surface area contributed by atoms with E-state index in [1.54, 1.807) is 49.4 Å². The van der Waals surface area contributed by atoms with E-state index in [-0.39, 0.29) is 18.8 Å². The molecule has 1 N–H and O–H groups in total. The van der Waals surface area contributed by atoms with Gasteiger partial charge in [0.1, 0.15) is 29.7 Å². The van der Waals surface area contributed by atoms with Crippen molar-refractivity contribution in [2.75, 3.05) is 18.5 Å². The number of esters is 1. The molecule has 0 radical (unpaired) electrons. The van der Waals surface area contributed by atoms with Crippen molar-refractivity contribution in [2.45, 2.75) is 13.5 Å². The maximum Gasteiger partial charge on any atom is 0.344 e. The third-order valence-electron chi connectivity index (χ3n) is 4.65. The average molecular weight is 535 g/mol. The summed E-state index contributed by atoms with van der Waals surface area (Å²) in [5.74, 6) is -0.108. The van der Waals surface area contributed by atoms with E-state index in [0.717, 1.165) is 10.0 Å². The van der Waals surface area contributed by atoms with E-state index in [2.05, 4.69) is 21.2 Å². The summed E-state index contributed by atoms with van der Waals surface area (Å²) >= 11 is 3.37. The quantitative estimate of drug-likeness (QED) is 0.209. The molecule has 0 fully saturated rings. The van der Waals surface area contributed by atoms with E-state index in [4.69, 9.17) is 14.2 Å². The Bertz CT molecular complexity index is 1230. The number of rotatable bonds is 10. The van der Waals surface area contributed by atoms with Crippen molar-refractivity contribution >= 4 is 39.6 Å². The second kappa shape index (κ2) is 13.0. The summed E-state index contributed by atoms with van der Waals surface area (Å²) in [6.45, 7) is 2.09. The first kappa shape index (κ1) is 25.5. The van der Waals surface area contributed by atoms with Crippen LogP contribution in [0.15, 0.2) is 82.8 Å². The topological polar surface area (TPSA) is 97.7 Å². The molecule has 0 heterocycles. The number of anilines is 1. The van der Waals surface area contributed by atoms with E-state index in [9.17, 15) is 14.9 Å². The number of ether oxygens (including phenoxy) is 3. The van der Waals surface area contributed by atoms with Crippen molar-refractivity contribution in [3.63, 3.8) is 0 Å². The molecule has 7 nitrogen and oxygen atoms in total. The number of nitrogens with zero attached hydrogens (tertiary/aromatic N) is 1. The van der Waals surface area contributed by atoms with Crippen molar-refractivity contribution in [2.24, 2.45) is 0 Å². The van der Waals surface area contributed by atoms with Crippen LogP contribution in [-0.4, -0.2) is 25.1 Å². The maximum absolute atomic E-state index is 12.7. The summed E-state index contributed by atoms with van der Waals surface area (Å²) < 4.78 is 16.9. The second-order valence-corrected chi connectivity index (χ2v) is 8.11. The molecule has 0 aromatic heterocycles. The van der Waals surface area contributed by atoms with Gasteiger partial charge in [-0.1, -0.05) is 46.3 Å². The molecule has 0 aliphatic rings. The minimum absolute atomic E-state index is 0.131. The Kier molecular flexibility index (Phi) is 9.46. The summed E-state index contributed by atoms with van der Waals surface area (Å²) in [5, 5.41) is 12.3. The lowest BCUT2D eigenvalue weighted by Gasteiger charge is -2.10. The monoisotopic (exact) mass is 534 g/mol. The summed E-state index contributed by atoms with van der Waals surface area (Å²) in [5.41, 5.74) is 1.89. The number of amides is 1. The Morgan fingerprint density at radius 1 is 1.03 bits per heavy atom. The highest BCUT2D eigenvalue weighted by atomic mass is 79.9. The molecule has 0 saturated heterocycles. The molecular weight excluding hydrogens is 512 g/mol. The van der Waals surface area contributed by atoms with Crippen LogP contribution in [0.3, 0.4) is 0 Å². The number of benzene rings is 3. The smallest absolute Gasteiger partial charge is 0.344 e. The number of nitriles is 1. The molecule has 0 atom stereocenters. The van der Waals surface area contributed by atoms with Crippen molar-refractivity contribution in [3.05, 3.63) is 94.0 Å². The van der Waals surface area contributed by atoms with Gasteiger partial charge in [-0.25, -0.2) is 4.79 Å². The minimum atomic E-state index is -0.582. The van der Waals surface area contributed by atoms with E-state index >= 15 is 0 Å². The Morgan fingerprint density at radius 2 is 1.77 bits per heavy atom. The van der Waals surface area contributed by atoms with Gasteiger partial charge in [0.15, 0.2) is 6.61 Å². The lowest BCUT2D eigenvalue weighted by Crippen LogP contribution is -2.15. The first-order valence-corrected chi connectivity index (χ1v) is 11.6. The van der Waals surface area contributed by atoms with Crippen molar-refractivity contribution < 1.29 is 23.8 Å². The standard InChI is InChI=1S/C27H23BrN2O5/c1-2-33-26(31)18-35-25-13-8-22(28)15-20(25)14-21(16-29)27(32)30-23-9-11-24(12-10-23)34-17-19-6-4-3-5-7-19/h3-15H,2,17-18H2,1H3,(H,30,32)/b21-14+. The SMILES string of the molecule is CCOC(=O)COc1ccc(Br)cc1/C=C(\C#N)C(=O)Nc1ccc(OCc2ccccc2)cc1. The molecule has 3 aromatic rings. The molecule has 0 aliphatic carbocycles. The number of hydrogen-bond acceptors (Lipinski definition) is 6. The van der Waals surface area contributed by atoms with E-state index in [0.29, 0.717) is 29.4 Å². The third kappa shape index (κ3) is 8.02. The molecule has 35 heavy (non-hydrogen) atoms. The molecular formula is C27H23BrN2O5. The van der Waals surface area contributed by atoms with E-state index in [1.807, 2.05) is 36.4 Å². The van der Waals surface area contributed by atoms with Crippen molar-refractivity contribution in [1.82, 2.24) is 0 Å². The lowest BCUT2D eigenvalue weighted by atomic mass is 10.1. The minimum Gasteiger partial charge on any atom is -0.489 e.